The summed E-state index contributed by atoms with van der Waals surface area (Å²) < 4.78 is 5.19. The van der Waals surface area contributed by atoms with Crippen molar-refractivity contribution >= 4 is 0 Å². The van der Waals surface area contributed by atoms with Gasteiger partial charge < -0.3 is 15.9 Å². The van der Waals surface area contributed by atoms with Crippen LogP contribution in [0.15, 0.2) is 22.8 Å². The van der Waals surface area contributed by atoms with Crippen molar-refractivity contribution in [3.8, 4) is 0 Å². The predicted molar refractivity (Wildman–Crippen MR) is 44.2 cm³/mol. The van der Waals surface area contributed by atoms with Crippen LogP contribution in [0.1, 0.15) is 18.6 Å². The Bertz CT molecular complexity index is 194. The fourth-order valence-corrected chi connectivity index (χ4v) is 1.09. The van der Waals surface area contributed by atoms with Crippen LogP contribution >= 0.6 is 0 Å². The van der Waals surface area contributed by atoms with Gasteiger partial charge in [-0.15, -0.1) is 0 Å². The van der Waals surface area contributed by atoms with Crippen LogP contribution in [0.5, 0.6) is 0 Å². The lowest BCUT2D eigenvalue weighted by molar-refractivity contribution is 0.432. The maximum Gasteiger partial charge on any atom is 0.109 e. The van der Waals surface area contributed by atoms with Gasteiger partial charge in [-0.25, -0.2) is 0 Å². The van der Waals surface area contributed by atoms with Crippen molar-refractivity contribution in [1.29, 1.82) is 0 Å². The normalized spacial score (nSPS) is 16.3. The number of nitrogens with two attached hydrogens (primary N) is 2. The Balaban J connectivity index is 2.71. The summed E-state index contributed by atoms with van der Waals surface area (Å²) in [6.45, 7) is 2.46. The summed E-state index contributed by atoms with van der Waals surface area (Å²) in [6, 6.07) is 3.80. The minimum Gasteiger partial charge on any atom is -0.469 e. The van der Waals surface area contributed by atoms with Gasteiger partial charge in [-0.1, -0.05) is 0 Å². The molecule has 0 radical (unpaired) electrons. The van der Waals surface area contributed by atoms with Gasteiger partial charge in [0.15, 0.2) is 0 Å². The zero-order chi connectivity index (χ0) is 8.27. The highest BCUT2D eigenvalue weighted by Crippen LogP contribution is 2.17. The molecular weight excluding hydrogens is 140 g/mol. The first-order chi connectivity index (χ1) is 5.25. The average Bonchev–Trinajstić information content (AvgIpc) is 2.40. The smallest absolute Gasteiger partial charge is 0.109 e. The molecule has 0 unspecified atom stereocenters. The van der Waals surface area contributed by atoms with Crippen LogP contribution in [0, 0.1) is 0 Å². The van der Waals surface area contributed by atoms with Crippen molar-refractivity contribution in [2.45, 2.75) is 18.9 Å². The van der Waals surface area contributed by atoms with Crippen LogP contribution in [-0.4, -0.2) is 12.6 Å². The van der Waals surface area contributed by atoms with Crippen LogP contribution in [0.4, 0.5) is 0 Å². The van der Waals surface area contributed by atoms with Crippen LogP contribution in [0.3, 0.4) is 0 Å². The van der Waals surface area contributed by atoms with E-state index in [4.69, 9.17) is 15.9 Å². The SMILES string of the molecule is C[C@@H](N)[C@@H](CN)c1ccco1. The van der Waals surface area contributed by atoms with E-state index in [0.29, 0.717) is 6.54 Å². The molecule has 1 aromatic heterocycles. The molecule has 4 N–H and O–H groups in total. The second-order valence-electron chi connectivity index (χ2n) is 2.72. The molecule has 0 fully saturated rings. The zero-order valence-corrected chi connectivity index (χ0v) is 6.66. The minimum absolute atomic E-state index is 0.0474. The van der Waals surface area contributed by atoms with E-state index in [1.807, 2.05) is 19.1 Å². The molecule has 1 aromatic rings. The first-order valence-corrected chi connectivity index (χ1v) is 3.74. The highest BCUT2D eigenvalue weighted by molar-refractivity contribution is 5.08. The summed E-state index contributed by atoms with van der Waals surface area (Å²) in [7, 11) is 0. The molecule has 3 heteroatoms. The Morgan fingerprint density at radius 2 is 2.36 bits per heavy atom. The molecular formula is C8H14N2O. The summed E-state index contributed by atoms with van der Waals surface area (Å²) in [6.07, 6.45) is 1.64. The molecule has 0 saturated heterocycles. The Labute approximate surface area is 66.4 Å². The number of hydrogen-bond acceptors (Lipinski definition) is 3. The maximum absolute atomic E-state index is 5.70. The Morgan fingerprint density at radius 1 is 1.64 bits per heavy atom. The lowest BCUT2D eigenvalue weighted by atomic mass is 10.00. The second kappa shape index (κ2) is 3.55. The highest BCUT2D eigenvalue weighted by atomic mass is 16.3. The van der Waals surface area contributed by atoms with Gasteiger partial charge in [-0.05, 0) is 19.1 Å². The molecule has 0 saturated carbocycles. The molecule has 0 bridgehead atoms. The number of hydrogen-bond donors (Lipinski definition) is 2. The van der Waals surface area contributed by atoms with E-state index in [9.17, 15) is 0 Å². The van der Waals surface area contributed by atoms with E-state index < -0.39 is 0 Å². The third kappa shape index (κ3) is 1.82. The fourth-order valence-electron chi connectivity index (χ4n) is 1.09. The van der Waals surface area contributed by atoms with Crippen molar-refractivity contribution in [2.24, 2.45) is 11.5 Å². The predicted octanol–water partition coefficient (Wildman–Crippen LogP) is 0.669. The first-order valence-electron chi connectivity index (χ1n) is 3.74. The summed E-state index contributed by atoms with van der Waals surface area (Å²) in [4.78, 5) is 0. The van der Waals surface area contributed by atoms with E-state index in [2.05, 4.69) is 0 Å². The molecule has 1 heterocycles. The Kier molecular flexibility index (Phi) is 2.68. The van der Waals surface area contributed by atoms with E-state index in [0.717, 1.165) is 5.76 Å². The molecule has 0 spiro atoms. The van der Waals surface area contributed by atoms with Gasteiger partial charge >= 0.3 is 0 Å². The van der Waals surface area contributed by atoms with Crippen LogP contribution < -0.4 is 11.5 Å². The lowest BCUT2D eigenvalue weighted by Crippen LogP contribution is -2.30. The van der Waals surface area contributed by atoms with Gasteiger partial charge in [0.05, 0.1) is 6.26 Å². The summed E-state index contributed by atoms with van der Waals surface area (Å²) in [5.41, 5.74) is 11.2. The maximum atomic E-state index is 5.70. The molecule has 0 aromatic carbocycles. The molecule has 1 rings (SSSR count). The van der Waals surface area contributed by atoms with Gasteiger partial charge in [0.1, 0.15) is 5.76 Å². The van der Waals surface area contributed by atoms with E-state index in [1.54, 1.807) is 6.26 Å². The third-order valence-electron chi connectivity index (χ3n) is 1.80. The summed E-state index contributed by atoms with van der Waals surface area (Å²) in [5, 5.41) is 0. The van der Waals surface area contributed by atoms with Crippen molar-refractivity contribution in [1.82, 2.24) is 0 Å². The van der Waals surface area contributed by atoms with Gasteiger partial charge in [-0.3, -0.25) is 0 Å². The fraction of sp³-hybridized carbons (Fsp3) is 0.500. The van der Waals surface area contributed by atoms with Crippen molar-refractivity contribution in [2.75, 3.05) is 6.54 Å². The van der Waals surface area contributed by atoms with Crippen LogP contribution in [-0.2, 0) is 0 Å². The van der Waals surface area contributed by atoms with Crippen molar-refractivity contribution < 1.29 is 4.42 Å². The quantitative estimate of drug-likeness (QED) is 0.672. The molecule has 62 valence electrons. The monoisotopic (exact) mass is 154 g/mol. The highest BCUT2D eigenvalue weighted by Gasteiger charge is 2.16. The number of rotatable bonds is 3. The molecule has 0 aliphatic heterocycles. The molecule has 2 atom stereocenters. The third-order valence-corrected chi connectivity index (χ3v) is 1.80. The van der Waals surface area contributed by atoms with Crippen LogP contribution in [0.25, 0.3) is 0 Å². The standard InChI is InChI=1S/C8H14N2O/c1-6(10)7(5-9)8-3-2-4-11-8/h2-4,6-7H,5,9-10H2,1H3/t6-,7-/m1/s1. The average molecular weight is 154 g/mol. The van der Waals surface area contributed by atoms with Crippen molar-refractivity contribution in [3.63, 3.8) is 0 Å². The molecule has 3 nitrogen and oxygen atoms in total. The largest absolute Gasteiger partial charge is 0.469 e. The zero-order valence-electron chi connectivity index (χ0n) is 6.66. The van der Waals surface area contributed by atoms with E-state index >= 15 is 0 Å². The number of furan rings is 1. The minimum atomic E-state index is 0.0474. The lowest BCUT2D eigenvalue weighted by Gasteiger charge is -2.15. The van der Waals surface area contributed by atoms with Gasteiger partial charge in [0, 0.05) is 18.5 Å². The van der Waals surface area contributed by atoms with E-state index in [-0.39, 0.29) is 12.0 Å². The molecule has 0 amide bonds. The Hall–Kier alpha value is -0.800. The van der Waals surface area contributed by atoms with Gasteiger partial charge in [0.25, 0.3) is 0 Å². The molecule has 0 aliphatic rings. The van der Waals surface area contributed by atoms with Crippen molar-refractivity contribution in [3.05, 3.63) is 24.2 Å². The first kappa shape index (κ1) is 8.30. The summed E-state index contributed by atoms with van der Waals surface area (Å²) in [5.74, 6) is 1.02. The Morgan fingerprint density at radius 3 is 2.73 bits per heavy atom. The van der Waals surface area contributed by atoms with E-state index in [1.165, 1.54) is 0 Å². The topological polar surface area (TPSA) is 65.2 Å². The molecule has 0 aliphatic carbocycles. The summed E-state index contributed by atoms with van der Waals surface area (Å²) >= 11 is 0. The second-order valence-corrected chi connectivity index (χ2v) is 2.72. The van der Waals surface area contributed by atoms with Crippen LogP contribution in [0.2, 0.25) is 0 Å². The molecule has 11 heavy (non-hydrogen) atoms. The van der Waals surface area contributed by atoms with Gasteiger partial charge in [-0.2, -0.15) is 0 Å². The van der Waals surface area contributed by atoms with Gasteiger partial charge in [0.2, 0.25) is 0 Å².